The van der Waals surface area contributed by atoms with Gasteiger partial charge in [-0.1, -0.05) is 0 Å². The molecule has 0 bridgehead atoms. The summed E-state index contributed by atoms with van der Waals surface area (Å²) in [6.45, 7) is 0.625. The fourth-order valence-electron chi connectivity index (χ4n) is 2.21. The van der Waals surface area contributed by atoms with Crippen LogP contribution in [-0.4, -0.2) is 23.5 Å². The average Bonchev–Trinajstić information content (AvgIpc) is 2.76. The van der Waals surface area contributed by atoms with Gasteiger partial charge in [0.25, 0.3) is 0 Å². The van der Waals surface area contributed by atoms with Crippen molar-refractivity contribution in [3.05, 3.63) is 23.9 Å². The Morgan fingerprint density at radius 3 is 3.06 bits per heavy atom. The standard InChI is InChI=1S/C12H17N3O2/c13-7-9-2-1-3-10(9)17-11-6-8(12(14)16)4-5-15-11/h4-6,9-10H,1-3,7,13H2,(H2,14,16). The van der Waals surface area contributed by atoms with Crippen LogP contribution in [0, 0.1) is 5.92 Å². The molecule has 2 atom stereocenters. The number of hydrogen-bond acceptors (Lipinski definition) is 4. The van der Waals surface area contributed by atoms with Gasteiger partial charge in [0.15, 0.2) is 0 Å². The molecule has 1 saturated carbocycles. The van der Waals surface area contributed by atoms with E-state index in [2.05, 4.69) is 4.98 Å². The molecule has 0 aromatic carbocycles. The van der Waals surface area contributed by atoms with Gasteiger partial charge in [0.1, 0.15) is 6.10 Å². The molecular weight excluding hydrogens is 218 g/mol. The maximum atomic E-state index is 11.0. The summed E-state index contributed by atoms with van der Waals surface area (Å²) in [4.78, 5) is 15.1. The molecule has 5 nitrogen and oxygen atoms in total. The highest BCUT2D eigenvalue weighted by molar-refractivity contribution is 5.92. The fraction of sp³-hybridized carbons (Fsp3) is 0.500. The number of pyridine rings is 1. The molecule has 2 unspecified atom stereocenters. The van der Waals surface area contributed by atoms with E-state index in [1.54, 1.807) is 12.1 Å². The highest BCUT2D eigenvalue weighted by Crippen LogP contribution is 2.28. The lowest BCUT2D eigenvalue weighted by molar-refractivity contribution is 0.0998. The summed E-state index contributed by atoms with van der Waals surface area (Å²) in [5.74, 6) is 0.361. The van der Waals surface area contributed by atoms with Gasteiger partial charge in [0.2, 0.25) is 11.8 Å². The van der Waals surface area contributed by atoms with Gasteiger partial charge in [0, 0.05) is 23.7 Å². The first-order valence-corrected chi connectivity index (χ1v) is 5.83. The topological polar surface area (TPSA) is 91.2 Å². The van der Waals surface area contributed by atoms with E-state index < -0.39 is 5.91 Å². The molecule has 92 valence electrons. The lowest BCUT2D eigenvalue weighted by Gasteiger charge is -2.19. The number of nitrogens with zero attached hydrogens (tertiary/aromatic N) is 1. The molecule has 1 aromatic heterocycles. The normalized spacial score (nSPS) is 23.6. The molecule has 17 heavy (non-hydrogen) atoms. The minimum atomic E-state index is -0.473. The lowest BCUT2D eigenvalue weighted by atomic mass is 10.1. The first-order chi connectivity index (χ1) is 8.20. The molecule has 0 aliphatic heterocycles. The minimum Gasteiger partial charge on any atom is -0.474 e. The summed E-state index contributed by atoms with van der Waals surface area (Å²) < 4.78 is 5.77. The van der Waals surface area contributed by atoms with Gasteiger partial charge in [-0.05, 0) is 31.9 Å². The number of ether oxygens (including phenoxy) is 1. The molecule has 1 aromatic rings. The summed E-state index contributed by atoms with van der Waals surface area (Å²) in [6, 6.07) is 3.15. The third-order valence-corrected chi connectivity index (χ3v) is 3.18. The molecular formula is C12H17N3O2. The highest BCUT2D eigenvalue weighted by atomic mass is 16.5. The zero-order valence-corrected chi connectivity index (χ0v) is 9.63. The second-order valence-corrected chi connectivity index (χ2v) is 4.33. The van der Waals surface area contributed by atoms with Gasteiger partial charge in [-0.15, -0.1) is 0 Å². The van der Waals surface area contributed by atoms with Crippen molar-refractivity contribution in [2.24, 2.45) is 17.4 Å². The van der Waals surface area contributed by atoms with Crippen LogP contribution in [0.2, 0.25) is 0 Å². The largest absolute Gasteiger partial charge is 0.474 e. The Labute approximate surface area is 100 Å². The zero-order chi connectivity index (χ0) is 12.3. The van der Waals surface area contributed by atoms with Crippen molar-refractivity contribution in [1.82, 2.24) is 4.98 Å². The molecule has 2 rings (SSSR count). The maximum absolute atomic E-state index is 11.0. The zero-order valence-electron chi connectivity index (χ0n) is 9.63. The molecule has 0 radical (unpaired) electrons. The van der Waals surface area contributed by atoms with E-state index in [0.29, 0.717) is 23.9 Å². The summed E-state index contributed by atoms with van der Waals surface area (Å²) in [6.07, 6.45) is 4.85. The molecule has 1 heterocycles. The number of rotatable bonds is 4. The van der Waals surface area contributed by atoms with Crippen LogP contribution in [0.5, 0.6) is 5.88 Å². The van der Waals surface area contributed by atoms with Crippen LogP contribution in [0.3, 0.4) is 0 Å². The quantitative estimate of drug-likeness (QED) is 0.803. The van der Waals surface area contributed by atoms with Crippen LogP contribution >= 0.6 is 0 Å². The molecule has 4 N–H and O–H groups in total. The Kier molecular flexibility index (Phi) is 3.58. The van der Waals surface area contributed by atoms with Crippen LogP contribution in [0.1, 0.15) is 29.6 Å². The van der Waals surface area contributed by atoms with Crippen molar-refractivity contribution in [2.75, 3.05) is 6.54 Å². The van der Waals surface area contributed by atoms with Gasteiger partial charge in [-0.2, -0.15) is 0 Å². The second kappa shape index (κ2) is 5.14. The fourth-order valence-corrected chi connectivity index (χ4v) is 2.21. The Balaban J connectivity index is 2.07. The van der Waals surface area contributed by atoms with Crippen molar-refractivity contribution in [1.29, 1.82) is 0 Å². The van der Waals surface area contributed by atoms with Crippen LogP contribution < -0.4 is 16.2 Å². The number of amides is 1. The van der Waals surface area contributed by atoms with E-state index >= 15 is 0 Å². The maximum Gasteiger partial charge on any atom is 0.248 e. The van der Waals surface area contributed by atoms with Crippen molar-refractivity contribution in [3.63, 3.8) is 0 Å². The van der Waals surface area contributed by atoms with Crippen molar-refractivity contribution < 1.29 is 9.53 Å². The molecule has 1 aliphatic carbocycles. The van der Waals surface area contributed by atoms with Gasteiger partial charge in [-0.25, -0.2) is 4.98 Å². The van der Waals surface area contributed by atoms with Gasteiger partial charge >= 0.3 is 0 Å². The molecule has 1 fully saturated rings. The summed E-state index contributed by atoms with van der Waals surface area (Å²) >= 11 is 0. The Morgan fingerprint density at radius 2 is 2.35 bits per heavy atom. The van der Waals surface area contributed by atoms with Crippen molar-refractivity contribution in [2.45, 2.75) is 25.4 Å². The van der Waals surface area contributed by atoms with Crippen LogP contribution in [-0.2, 0) is 0 Å². The monoisotopic (exact) mass is 235 g/mol. The number of aromatic nitrogens is 1. The van der Waals surface area contributed by atoms with Gasteiger partial charge < -0.3 is 16.2 Å². The molecule has 5 heteroatoms. The van der Waals surface area contributed by atoms with E-state index in [4.69, 9.17) is 16.2 Å². The number of carbonyl (C=O) groups is 1. The third kappa shape index (κ3) is 2.74. The molecule has 1 amide bonds. The van der Waals surface area contributed by atoms with E-state index in [0.717, 1.165) is 19.3 Å². The molecule has 0 saturated heterocycles. The van der Waals surface area contributed by atoms with Gasteiger partial charge in [0.05, 0.1) is 0 Å². The number of carbonyl (C=O) groups excluding carboxylic acids is 1. The summed E-state index contributed by atoms with van der Waals surface area (Å²) in [5.41, 5.74) is 11.3. The predicted molar refractivity (Wildman–Crippen MR) is 63.6 cm³/mol. The Bertz CT molecular complexity index is 408. The van der Waals surface area contributed by atoms with E-state index in [1.165, 1.54) is 6.20 Å². The van der Waals surface area contributed by atoms with Crippen LogP contribution in [0.4, 0.5) is 0 Å². The Morgan fingerprint density at radius 1 is 1.53 bits per heavy atom. The summed E-state index contributed by atoms with van der Waals surface area (Å²) in [7, 11) is 0. The SMILES string of the molecule is NCC1CCCC1Oc1cc(C(N)=O)ccn1. The van der Waals surface area contributed by atoms with Crippen molar-refractivity contribution in [3.8, 4) is 5.88 Å². The summed E-state index contributed by atoms with van der Waals surface area (Å²) in [5, 5.41) is 0. The smallest absolute Gasteiger partial charge is 0.248 e. The number of hydrogen-bond donors (Lipinski definition) is 2. The van der Waals surface area contributed by atoms with E-state index in [-0.39, 0.29) is 6.10 Å². The van der Waals surface area contributed by atoms with Crippen LogP contribution in [0.15, 0.2) is 18.3 Å². The number of nitrogens with two attached hydrogens (primary N) is 2. The predicted octanol–water partition coefficient (Wildman–Crippen LogP) is 0.687. The average molecular weight is 235 g/mol. The van der Waals surface area contributed by atoms with Crippen LogP contribution in [0.25, 0.3) is 0 Å². The minimum absolute atomic E-state index is 0.107. The second-order valence-electron chi connectivity index (χ2n) is 4.33. The Hall–Kier alpha value is -1.62. The molecule has 0 spiro atoms. The lowest BCUT2D eigenvalue weighted by Crippen LogP contribution is -2.28. The van der Waals surface area contributed by atoms with E-state index in [9.17, 15) is 4.79 Å². The third-order valence-electron chi connectivity index (χ3n) is 3.18. The first-order valence-electron chi connectivity index (χ1n) is 5.83. The van der Waals surface area contributed by atoms with Crippen molar-refractivity contribution >= 4 is 5.91 Å². The first kappa shape index (κ1) is 11.9. The molecule has 1 aliphatic rings. The van der Waals surface area contributed by atoms with E-state index in [1.807, 2.05) is 0 Å². The van der Waals surface area contributed by atoms with Gasteiger partial charge in [-0.3, -0.25) is 4.79 Å². The number of primary amides is 1. The highest BCUT2D eigenvalue weighted by Gasteiger charge is 2.28.